The summed E-state index contributed by atoms with van der Waals surface area (Å²) in [6.45, 7) is 14.2. The van der Waals surface area contributed by atoms with E-state index in [1.165, 1.54) is 0 Å². The summed E-state index contributed by atoms with van der Waals surface area (Å²) in [6, 6.07) is 0. The second kappa shape index (κ2) is 3.14. The lowest BCUT2D eigenvalue weighted by atomic mass is 9.79. The van der Waals surface area contributed by atoms with Gasteiger partial charge in [-0.05, 0) is 26.7 Å². The molecular weight excluding hydrogens is 163 g/mol. The van der Waals surface area contributed by atoms with Crippen LogP contribution in [0.5, 0.6) is 0 Å². The fourth-order valence-electron chi connectivity index (χ4n) is 1.74. The van der Waals surface area contributed by atoms with E-state index in [9.17, 15) is 0 Å². The average Bonchev–Trinajstić information content (AvgIpc) is 2.24. The van der Waals surface area contributed by atoms with E-state index in [1.807, 2.05) is 0 Å². The number of rotatable bonds is 2. The van der Waals surface area contributed by atoms with Gasteiger partial charge in [0.05, 0.1) is 11.2 Å². The Balaban J connectivity index is 2.92. The van der Waals surface area contributed by atoms with Crippen LogP contribution in [0.15, 0.2) is 12.6 Å². The van der Waals surface area contributed by atoms with Crippen molar-refractivity contribution in [3.05, 3.63) is 12.6 Å². The molecule has 0 amide bonds. The molecule has 1 heterocycles. The zero-order valence-electron chi connectivity index (χ0n) is 9.26. The molecule has 0 aromatic carbocycles. The Kier molecular flexibility index (Phi) is 2.61. The summed E-state index contributed by atoms with van der Waals surface area (Å²) in [5, 5.41) is 0. The Morgan fingerprint density at radius 1 is 1.23 bits per heavy atom. The number of hydrogen-bond acceptors (Lipinski definition) is 2. The Morgan fingerprint density at radius 3 is 2.00 bits per heavy atom. The van der Waals surface area contributed by atoms with E-state index >= 15 is 0 Å². The molecule has 2 nitrogen and oxygen atoms in total. The van der Waals surface area contributed by atoms with Crippen LogP contribution < -0.4 is 0 Å². The van der Waals surface area contributed by atoms with Gasteiger partial charge in [-0.25, -0.2) is 0 Å². The summed E-state index contributed by atoms with van der Waals surface area (Å²) in [4.78, 5) is 0. The summed E-state index contributed by atoms with van der Waals surface area (Å²) in [5.74, 6) is 2.13. The molecule has 13 heavy (non-hydrogen) atoms. The molecule has 0 aromatic rings. The minimum absolute atomic E-state index is 0.230. The van der Waals surface area contributed by atoms with Gasteiger partial charge in [-0.1, -0.05) is 19.8 Å². The van der Waals surface area contributed by atoms with Crippen molar-refractivity contribution < 1.29 is 9.31 Å². The van der Waals surface area contributed by atoms with Gasteiger partial charge in [0.15, 0.2) is 0 Å². The first-order valence-electron chi connectivity index (χ1n) is 4.81. The molecule has 1 unspecified atom stereocenters. The fourth-order valence-corrected chi connectivity index (χ4v) is 1.74. The summed E-state index contributed by atoms with van der Waals surface area (Å²) in [5.41, 5.74) is -0.480. The van der Waals surface area contributed by atoms with Crippen molar-refractivity contribution in [1.29, 1.82) is 0 Å². The number of hydrogen-bond donors (Lipinski definition) is 0. The van der Waals surface area contributed by atoms with Gasteiger partial charge in [0.25, 0.3) is 0 Å². The lowest BCUT2D eigenvalue weighted by molar-refractivity contribution is -0.0435. The van der Waals surface area contributed by atoms with Crippen LogP contribution >= 0.6 is 0 Å². The largest absolute Gasteiger partial charge is 0.486 e. The first kappa shape index (κ1) is 10.8. The minimum atomic E-state index is -0.262. The standard InChI is InChI=1S/C10H19BO2/c1-7-11-12-9(4,5)10(6,13-11)8(2)3/h7-8H,1H2,2-6H3. The highest BCUT2D eigenvalue weighted by Gasteiger charge is 2.54. The van der Waals surface area contributed by atoms with Crippen molar-refractivity contribution >= 4 is 7.12 Å². The predicted octanol–water partition coefficient (Wildman–Crippen LogP) is 2.44. The second-order valence-corrected chi connectivity index (χ2v) is 4.61. The summed E-state index contributed by atoms with van der Waals surface area (Å²) < 4.78 is 11.6. The van der Waals surface area contributed by atoms with Crippen LogP contribution in [0.25, 0.3) is 0 Å². The van der Waals surface area contributed by atoms with Gasteiger partial charge in [0.2, 0.25) is 0 Å². The van der Waals surface area contributed by atoms with E-state index in [-0.39, 0.29) is 18.3 Å². The van der Waals surface area contributed by atoms with Crippen LogP contribution in [0.4, 0.5) is 0 Å². The van der Waals surface area contributed by atoms with E-state index in [1.54, 1.807) is 5.98 Å². The van der Waals surface area contributed by atoms with Gasteiger partial charge in [0.1, 0.15) is 0 Å². The summed E-state index contributed by atoms with van der Waals surface area (Å²) in [7, 11) is -0.262. The predicted molar refractivity (Wildman–Crippen MR) is 55.4 cm³/mol. The van der Waals surface area contributed by atoms with Crippen LogP contribution in [0.1, 0.15) is 34.6 Å². The molecule has 1 saturated heterocycles. The van der Waals surface area contributed by atoms with Crippen LogP contribution in [0, 0.1) is 5.92 Å². The van der Waals surface area contributed by atoms with Gasteiger partial charge >= 0.3 is 7.12 Å². The second-order valence-electron chi connectivity index (χ2n) is 4.61. The molecule has 0 N–H and O–H groups in total. The Labute approximate surface area is 81.4 Å². The van der Waals surface area contributed by atoms with Crippen LogP contribution in [-0.4, -0.2) is 18.3 Å². The van der Waals surface area contributed by atoms with E-state index in [2.05, 4.69) is 41.2 Å². The third-order valence-electron chi connectivity index (χ3n) is 3.26. The third kappa shape index (κ3) is 1.55. The van der Waals surface area contributed by atoms with Crippen molar-refractivity contribution in [2.24, 2.45) is 5.92 Å². The molecule has 0 bridgehead atoms. The molecule has 74 valence electrons. The Bertz CT molecular complexity index is 213. The fraction of sp³-hybridized carbons (Fsp3) is 0.800. The molecule has 1 fully saturated rings. The maximum Gasteiger partial charge on any atom is 0.486 e. The molecule has 1 rings (SSSR count). The SMILES string of the molecule is C=CB1OC(C)(C)C(C)(C(C)C)O1. The average molecular weight is 182 g/mol. The van der Waals surface area contributed by atoms with Gasteiger partial charge in [-0.15, -0.1) is 6.58 Å². The van der Waals surface area contributed by atoms with Crippen molar-refractivity contribution in [2.45, 2.75) is 45.8 Å². The zero-order chi connectivity index (χ0) is 10.3. The normalized spacial score (nSPS) is 32.6. The first-order valence-corrected chi connectivity index (χ1v) is 4.81. The smallest absolute Gasteiger partial charge is 0.400 e. The van der Waals surface area contributed by atoms with Crippen molar-refractivity contribution in [3.63, 3.8) is 0 Å². The lowest BCUT2D eigenvalue weighted by Crippen LogP contribution is -2.48. The quantitative estimate of drug-likeness (QED) is 0.610. The maximum atomic E-state index is 5.83. The molecule has 1 atom stereocenters. The van der Waals surface area contributed by atoms with Crippen molar-refractivity contribution in [2.75, 3.05) is 0 Å². The molecule has 1 aliphatic heterocycles. The van der Waals surface area contributed by atoms with Crippen LogP contribution in [-0.2, 0) is 9.31 Å². The zero-order valence-corrected chi connectivity index (χ0v) is 9.26. The minimum Gasteiger partial charge on any atom is -0.400 e. The van der Waals surface area contributed by atoms with Crippen LogP contribution in [0.2, 0.25) is 0 Å². The van der Waals surface area contributed by atoms with E-state index in [0.717, 1.165) is 0 Å². The lowest BCUT2D eigenvalue weighted by Gasteiger charge is -2.39. The summed E-state index contributed by atoms with van der Waals surface area (Å²) >= 11 is 0. The van der Waals surface area contributed by atoms with Crippen molar-refractivity contribution in [3.8, 4) is 0 Å². The molecule has 0 radical (unpaired) electrons. The molecule has 0 aliphatic carbocycles. The molecule has 0 spiro atoms. The van der Waals surface area contributed by atoms with Gasteiger partial charge < -0.3 is 9.31 Å². The van der Waals surface area contributed by atoms with Gasteiger partial charge in [-0.2, -0.15) is 0 Å². The highest BCUT2D eigenvalue weighted by Crippen LogP contribution is 2.42. The van der Waals surface area contributed by atoms with E-state index < -0.39 is 0 Å². The molecule has 1 aliphatic rings. The van der Waals surface area contributed by atoms with Gasteiger partial charge in [0, 0.05) is 0 Å². The third-order valence-corrected chi connectivity index (χ3v) is 3.26. The maximum absolute atomic E-state index is 5.83. The Morgan fingerprint density at radius 2 is 1.77 bits per heavy atom. The molecule has 0 saturated carbocycles. The topological polar surface area (TPSA) is 18.5 Å². The monoisotopic (exact) mass is 182 g/mol. The van der Waals surface area contributed by atoms with E-state index in [4.69, 9.17) is 9.31 Å². The Hall–Kier alpha value is -0.275. The summed E-state index contributed by atoms with van der Waals surface area (Å²) in [6.07, 6.45) is 0. The molecule has 0 aromatic heterocycles. The van der Waals surface area contributed by atoms with Crippen LogP contribution in [0.3, 0.4) is 0 Å². The first-order chi connectivity index (χ1) is 5.83. The molecule has 3 heteroatoms. The highest BCUT2D eigenvalue weighted by atomic mass is 16.7. The van der Waals surface area contributed by atoms with Gasteiger partial charge in [-0.3, -0.25) is 0 Å². The van der Waals surface area contributed by atoms with Crippen molar-refractivity contribution in [1.82, 2.24) is 0 Å². The molecular formula is C10H19BO2. The highest BCUT2D eigenvalue weighted by molar-refractivity contribution is 6.51. The van der Waals surface area contributed by atoms with E-state index in [0.29, 0.717) is 5.92 Å².